The van der Waals surface area contributed by atoms with Crippen molar-refractivity contribution >= 4 is 29.5 Å². The first-order valence-electron chi connectivity index (χ1n) is 7.64. The minimum absolute atomic E-state index is 0.00266. The predicted molar refractivity (Wildman–Crippen MR) is 94.0 cm³/mol. The molecule has 0 saturated carbocycles. The Morgan fingerprint density at radius 2 is 1.48 bits per heavy atom. The van der Waals surface area contributed by atoms with E-state index < -0.39 is 40.8 Å². The monoisotopic (exact) mass is 436 g/mol. The lowest BCUT2D eigenvalue weighted by Gasteiger charge is -2.12. The van der Waals surface area contributed by atoms with Crippen LogP contribution in [-0.4, -0.2) is 11.8 Å². The number of oxime groups is 1. The lowest BCUT2D eigenvalue weighted by Crippen LogP contribution is -2.12. The van der Waals surface area contributed by atoms with E-state index in [0.717, 1.165) is 12.2 Å². The number of hydrogen-bond acceptors (Lipinski definition) is 3. The van der Waals surface area contributed by atoms with Crippen LogP contribution in [0.15, 0.2) is 53.7 Å². The van der Waals surface area contributed by atoms with Crippen molar-refractivity contribution in [2.75, 3.05) is 0 Å². The van der Waals surface area contributed by atoms with Crippen molar-refractivity contribution in [3.8, 4) is 0 Å². The van der Waals surface area contributed by atoms with Gasteiger partial charge in [0.05, 0.1) is 16.7 Å². The smallest absolute Gasteiger partial charge is 0.381 e. The van der Waals surface area contributed by atoms with Crippen LogP contribution in [0.25, 0.3) is 6.08 Å². The molecule has 29 heavy (non-hydrogen) atoms. The zero-order chi connectivity index (χ0) is 21.8. The van der Waals surface area contributed by atoms with Gasteiger partial charge >= 0.3 is 18.3 Å². The zero-order valence-electron chi connectivity index (χ0n) is 14.2. The number of nitrogens with zero attached hydrogens (tertiary/aromatic N) is 1. The molecule has 2 aromatic carbocycles. The van der Waals surface area contributed by atoms with Crippen LogP contribution in [0.4, 0.5) is 26.3 Å². The number of halogens is 7. The first-order valence-corrected chi connectivity index (χ1v) is 8.02. The maximum atomic E-state index is 12.8. The highest BCUT2D eigenvalue weighted by atomic mass is 35.5. The Labute approximate surface area is 165 Å². The van der Waals surface area contributed by atoms with E-state index in [2.05, 4.69) is 9.99 Å². The quantitative estimate of drug-likeness (QED) is 0.226. The molecule has 0 aromatic heterocycles. The highest BCUT2D eigenvalue weighted by Gasteiger charge is 2.36. The Balaban J connectivity index is 2.20. The van der Waals surface area contributed by atoms with E-state index in [1.165, 1.54) is 24.3 Å². The van der Waals surface area contributed by atoms with Crippen molar-refractivity contribution in [1.29, 1.82) is 0 Å². The van der Waals surface area contributed by atoms with Crippen LogP contribution in [-0.2, 0) is 17.2 Å². The zero-order valence-corrected chi connectivity index (χ0v) is 14.9. The summed E-state index contributed by atoms with van der Waals surface area (Å²) in [5, 5.41) is 3.64. The van der Waals surface area contributed by atoms with E-state index in [1.807, 2.05) is 0 Å². The molecule has 154 valence electrons. The lowest BCUT2D eigenvalue weighted by molar-refractivity contribution is -0.143. The molecule has 0 atom stereocenters. The molecule has 0 unspecified atom stereocenters. The van der Waals surface area contributed by atoms with Gasteiger partial charge in [0.1, 0.15) is 0 Å². The molecule has 0 aliphatic carbocycles. The van der Waals surface area contributed by atoms with Crippen LogP contribution >= 0.6 is 11.6 Å². The number of nitrogens with two attached hydrogens (primary N) is 1. The number of alkyl halides is 6. The van der Waals surface area contributed by atoms with E-state index in [1.54, 1.807) is 0 Å². The van der Waals surface area contributed by atoms with Gasteiger partial charge in [0.25, 0.3) is 0 Å². The summed E-state index contributed by atoms with van der Waals surface area (Å²) in [5.41, 5.74) is 2.17. The van der Waals surface area contributed by atoms with Gasteiger partial charge in [0.15, 0.2) is 5.84 Å². The van der Waals surface area contributed by atoms with E-state index in [9.17, 15) is 31.1 Å². The molecular formula is C18H11ClF6N2O2. The Morgan fingerprint density at radius 3 is 1.97 bits per heavy atom. The number of rotatable bonds is 4. The largest absolute Gasteiger partial charge is 0.416 e. The van der Waals surface area contributed by atoms with Gasteiger partial charge in [-0.25, -0.2) is 4.79 Å². The first-order chi connectivity index (χ1) is 13.4. The summed E-state index contributed by atoms with van der Waals surface area (Å²) >= 11 is 5.67. The van der Waals surface area contributed by atoms with Crippen LogP contribution in [0, 0.1) is 0 Å². The third-order valence-electron chi connectivity index (χ3n) is 3.37. The number of amidine groups is 1. The van der Waals surface area contributed by atoms with Crippen LogP contribution < -0.4 is 5.73 Å². The molecule has 2 N–H and O–H groups in total. The van der Waals surface area contributed by atoms with Crippen molar-refractivity contribution < 1.29 is 36.0 Å². The SMILES string of the molecule is NC(/C=C/c1cc(C(F)(F)F)cc(C(F)(F)F)c1)=N\OC(=O)c1ccc(Cl)cc1. The van der Waals surface area contributed by atoms with Crippen LogP contribution in [0.3, 0.4) is 0 Å². The van der Waals surface area contributed by atoms with E-state index >= 15 is 0 Å². The number of benzene rings is 2. The lowest BCUT2D eigenvalue weighted by atomic mass is 10.0. The van der Waals surface area contributed by atoms with Gasteiger partial charge in [-0.05, 0) is 54.1 Å². The van der Waals surface area contributed by atoms with E-state index in [0.29, 0.717) is 17.2 Å². The first kappa shape index (κ1) is 22.3. The maximum absolute atomic E-state index is 12.8. The molecule has 0 fully saturated rings. The Bertz CT molecular complexity index is 918. The summed E-state index contributed by atoms with van der Waals surface area (Å²) in [7, 11) is 0. The maximum Gasteiger partial charge on any atom is 0.416 e. The van der Waals surface area contributed by atoms with Crippen molar-refractivity contribution in [1.82, 2.24) is 0 Å². The summed E-state index contributed by atoms with van der Waals surface area (Å²) < 4.78 is 77.0. The molecule has 11 heteroatoms. The molecule has 0 heterocycles. The van der Waals surface area contributed by atoms with Crippen molar-refractivity contribution in [2.24, 2.45) is 10.9 Å². The fourth-order valence-electron chi connectivity index (χ4n) is 2.02. The van der Waals surface area contributed by atoms with Gasteiger partial charge < -0.3 is 10.6 Å². The Hall–Kier alpha value is -3.01. The van der Waals surface area contributed by atoms with Crippen molar-refractivity contribution in [2.45, 2.75) is 12.4 Å². The average Bonchev–Trinajstić information content (AvgIpc) is 2.63. The van der Waals surface area contributed by atoms with Gasteiger partial charge in [0, 0.05) is 5.02 Å². The molecule has 0 aliphatic rings. The second kappa shape index (κ2) is 8.56. The highest BCUT2D eigenvalue weighted by molar-refractivity contribution is 6.30. The predicted octanol–water partition coefficient (Wildman–Crippen LogP) is 5.52. The number of carbonyl (C=O) groups excluding carboxylic acids is 1. The van der Waals surface area contributed by atoms with E-state index in [4.69, 9.17) is 17.3 Å². The number of carbonyl (C=O) groups is 1. The standard InChI is InChI=1S/C18H11ClF6N2O2/c19-14-4-2-11(3-5-14)16(28)29-27-15(26)6-1-10-7-12(17(20,21)22)9-13(8-10)18(23,24)25/h1-9H,(H2,26,27)/b6-1+. The second-order valence-electron chi connectivity index (χ2n) is 5.57. The fraction of sp³-hybridized carbons (Fsp3) is 0.111. The Morgan fingerprint density at radius 1 is 0.966 bits per heavy atom. The summed E-state index contributed by atoms with van der Waals surface area (Å²) in [6.07, 6.45) is -8.18. The minimum atomic E-state index is -4.97. The van der Waals surface area contributed by atoms with Gasteiger partial charge in [-0.1, -0.05) is 22.8 Å². The fourth-order valence-corrected chi connectivity index (χ4v) is 2.15. The van der Waals surface area contributed by atoms with Crippen LogP contribution in [0.1, 0.15) is 27.0 Å². The number of hydrogen-bond donors (Lipinski definition) is 1. The minimum Gasteiger partial charge on any atom is -0.381 e. The van der Waals surface area contributed by atoms with Crippen molar-refractivity contribution in [3.63, 3.8) is 0 Å². The Kier molecular flexibility index (Phi) is 6.58. The molecule has 2 rings (SSSR count). The molecule has 0 bridgehead atoms. The normalized spacial score (nSPS) is 13.0. The molecular weight excluding hydrogens is 426 g/mol. The topological polar surface area (TPSA) is 64.7 Å². The van der Waals surface area contributed by atoms with Crippen LogP contribution in [0.5, 0.6) is 0 Å². The molecule has 4 nitrogen and oxygen atoms in total. The van der Waals surface area contributed by atoms with Gasteiger partial charge in [0.2, 0.25) is 0 Å². The molecule has 0 amide bonds. The van der Waals surface area contributed by atoms with Crippen LogP contribution in [0.2, 0.25) is 5.02 Å². The molecule has 0 saturated heterocycles. The summed E-state index contributed by atoms with van der Waals surface area (Å²) in [6, 6.07) is 6.59. The highest BCUT2D eigenvalue weighted by Crippen LogP contribution is 2.36. The molecule has 0 spiro atoms. The van der Waals surface area contributed by atoms with Crippen molar-refractivity contribution in [3.05, 3.63) is 75.8 Å². The second-order valence-corrected chi connectivity index (χ2v) is 6.01. The average molecular weight is 437 g/mol. The van der Waals surface area contributed by atoms with E-state index in [-0.39, 0.29) is 11.6 Å². The van der Waals surface area contributed by atoms with Gasteiger partial charge in [-0.2, -0.15) is 26.3 Å². The third-order valence-corrected chi connectivity index (χ3v) is 3.62. The van der Waals surface area contributed by atoms with Gasteiger partial charge in [-0.15, -0.1) is 0 Å². The summed E-state index contributed by atoms with van der Waals surface area (Å²) in [6.45, 7) is 0. The molecule has 0 radical (unpaired) electrons. The molecule has 0 aliphatic heterocycles. The third kappa shape index (κ3) is 6.53. The van der Waals surface area contributed by atoms with Gasteiger partial charge in [-0.3, -0.25) is 0 Å². The summed E-state index contributed by atoms with van der Waals surface area (Å²) in [4.78, 5) is 16.3. The summed E-state index contributed by atoms with van der Waals surface area (Å²) in [5.74, 6) is -1.35. The molecule has 2 aromatic rings.